The van der Waals surface area contributed by atoms with Crippen LogP contribution in [0.4, 0.5) is 0 Å². The van der Waals surface area contributed by atoms with Crippen molar-refractivity contribution in [1.82, 2.24) is 10.2 Å². The molecule has 0 radical (unpaired) electrons. The molecule has 1 rings (SSSR count). The number of hydrogen-bond donors (Lipinski definition) is 1. The molecule has 3 nitrogen and oxygen atoms in total. The molecule has 100 valence electrons. The SMILES string of the molecule is CCCC1CC(NC(C)=O)CN(CC(C)C)C1. The summed E-state index contributed by atoms with van der Waals surface area (Å²) in [5.74, 6) is 1.56. The van der Waals surface area contributed by atoms with E-state index in [4.69, 9.17) is 0 Å². The van der Waals surface area contributed by atoms with Crippen molar-refractivity contribution in [2.75, 3.05) is 19.6 Å². The zero-order valence-electron chi connectivity index (χ0n) is 11.8. The predicted octanol–water partition coefficient (Wildman–Crippen LogP) is 2.27. The summed E-state index contributed by atoms with van der Waals surface area (Å²) >= 11 is 0. The van der Waals surface area contributed by atoms with Gasteiger partial charge in [0.2, 0.25) is 5.91 Å². The number of carbonyl (C=O) groups is 1. The summed E-state index contributed by atoms with van der Waals surface area (Å²) in [5.41, 5.74) is 0. The van der Waals surface area contributed by atoms with Gasteiger partial charge in [0, 0.05) is 32.6 Å². The molecule has 17 heavy (non-hydrogen) atoms. The highest BCUT2D eigenvalue weighted by atomic mass is 16.1. The van der Waals surface area contributed by atoms with Gasteiger partial charge in [0.05, 0.1) is 0 Å². The van der Waals surface area contributed by atoms with Gasteiger partial charge in [-0.2, -0.15) is 0 Å². The van der Waals surface area contributed by atoms with Gasteiger partial charge >= 0.3 is 0 Å². The van der Waals surface area contributed by atoms with E-state index in [0.717, 1.165) is 25.4 Å². The number of amides is 1. The maximum Gasteiger partial charge on any atom is 0.217 e. The van der Waals surface area contributed by atoms with Crippen LogP contribution < -0.4 is 5.32 Å². The third-order valence-corrected chi connectivity index (χ3v) is 3.34. The van der Waals surface area contributed by atoms with E-state index in [1.54, 1.807) is 6.92 Å². The molecule has 1 aliphatic rings. The summed E-state index contributed by atoms with van der Waals surface area (Å²) in [6.07, 6.45) is 3.68. The smallest absolute Gasteiger partial charge is 0.217 e. The van der Waals surface area contributed by atoms with Crippen molar-refractivity contribution < 1.29 is 4.79 Å². The summed E-state index contributed by atoms with van der Waals surface area (Å²) < 4.78 is 0. The fraction of sp³-hybridized carbons (Fsp3) is 0.929. The number of piperidine rings is 1. The maximum absolute atomic E-state index is 11.2. The van der Waals surface area contributed by atoms with Gasteiger partial charge in [0.15, 0.2) is 0 Å². The number of nitrogens with zero attached hydrogens (tertiary/aromatic N) is 1. The molecule has 1 aliphatic heterocycles. The molecule has 0 aromatic carbocycles. The molecule has 1 amide bonds. The minimum Gasteiger partial charge on any atom is -0.352 e. The van der Waals surface area contributed by atoms with E-state index in [9.17, 15) is 4.79 Å². The minimum atomic E-state index is 0.108. The minimum absolute atomic E-state index is 0.108. The highest BCUT2D eigenvalue weighted by Gasteiger charge is 2.27. The first kappa shape index (κ1) is 14.5. The van der Waals surface area contributed by atoms with Gasteiger partial charge in [0.1, 0.15) is 0 Å². The molecule has 0 aromatic rings. The lowest BCUT2D eigenvalue weighted by Crippen LogP contribution is -2.51. The Morgan fingerprint density at radius 1 is 1.41 bits per heavy atom. The Labute approximate surface area is 106 Å². The highest BCUT2D eigenvalue weighted by Crippen LogP contribution is 2.22. The third kappa shape index (κ3) is 5.53. The molecular formula is C14H28N2O. The molecule has 1 heterocycles. The summed E-state index contributed by atoms with van der Waals surface area (Å²) in [6, 6.07) is 0.358. The van der Waals surface area contributed by atoms with Gasteiger partial charge in [-0.1, -0.05) is 27.2 Å². The van der Waals surface area contributed by atoms with E-state index in [1.807, 2.05) is 0 Å². The summed E-state index contributed by atoms with van der Waals surface area (Å²) in [7, 11) is 0. The van der Waals surface area contributed by atoms with Gasteiger partial charge in [-0.3, -0.25) is 4.79 Å². The van der Waals surface area contributed by atoms with E-state index in [-0.39, 0.29) is 5.91 Å². The molecule has 0 aromatic heterocycles. The van der Waals surface area contributed by atoms with Crippen LogP contribution in [0.1, 0.15) is 47.0 Å². The van der Waals surface area contributed by atoms with Gasteiger partial charge in [0.25, 0.3) is 0 Å². The van der Waals surface area contributed by atoms with Gasteiger partial charge in [-0.05, 0) is 24.7 Å². The van der Waals surface area contributed by atoms with Crippen molar-refractivity contribution in [2.45, 2.75) is 53.0 Å². The largest absolute Gasteiger partial charge is 0.352 e. The monoisotopic (exact) mass is 240 g/mol. The summed E-state index contributed by atoms with van der Waals surface area (Å²) in [6.45, 7) is 11.8. The molecule has 2 atom stereocenters. The first-order chi connectivity index (χ1) is 8.01. The summed E-state index contributed by atoms with van der Waals surface area (Å²) in [4.78, 5) is 13.7. The van der Waals surface area contributed by atoms with Crippen molar-refractivity contribution in [1.29, 1.82) is 0 Å². The van der Waals surface area contributed by atoms with E-state index in [1.165, 1.54) is 19.4 Å². The normalized spacial score (nSPS) is 26.2. The first-order valence-electron chi connectivity index (χ1n) is 7.00. The van der Waals surface area contributed by atoms with Crippen LogP contribution >= 0.6 is 0 Å². The second-order valence-corrected chi connectivity index (χ2v) is 5.90. The number of likely N-dealkylation sites (tertiary alicyclic amines) is 1. The van der Waals surface area contributed by atoms with Gasteiger partial charge in [-0.15, -0.1) is 0 Å². The average molecular weight is 240 g/mol. The standard InChI is InChI=1S/C14H28N2O/c1-5-6-13-7-14(15-12(4)17)10-16(9-13)8-11(2)3/h11,13-14H,5-10H2,1-4H3,(H,15,17). The molecule has 0 saturated carbocycles. The van der Waals surface area contributed by atoms with Crippen LogP contribution in [0.2, 0.25) is 0 Å². The molecule has 0 aliphatic carbocycles. The average Bonchev–Trinajstić information content (AvgIpc) is 2.14. The molecule has 0 spiro atoms. The van der Waals surface area contributed by atoms with Crippen LogP contribution in [-0.2, 0) is 4.79 Å². The van der Waals surface area contributed by atoms with Gasteiger partial charge < -0.3 is 10.2 Å². The third-order valence-electron chi connectivity index (χ3n) is 3.34. The Morgan fingerprint density at radius 2 is 2.12 bits per heavy atom. The molecule has 1 N–H and O–H groups in total. The van der Waals surface area contributed by atoms with Crippen molar-refractivity contribution in [3.8, 4) is 0 Å². The van der Waals surface area contributed by atoms with Crippen LogP contribution in [0.5, 0.6) is 0 Å². The van der Waals surface area contributed by atoms with Gasteiger partial charge in [-0.25, -0.2) is 0 Å². The predicted molar refractivity (Wildman–Crippen MR) is 71.9 cm³/mol. The lowest BCUT2D eigenvalue weighted by Gasteiger charge is -2.38. The van der Waals surface area contributed by atoms with Crippen molar-refractivity contribution in [3.05, 3.63) is 0 Å². The lowest BCUT2D eigenvalue weighted by molar-refractivity contribution is -0.120. The molecule has 2 unspecified atom stereocenters. The second-order valence-electron chi connectivity index (χ2n) is 5.90. The van der Waals surface area contributed by atoms with E-state index in [2.05, 4.69) is 31.0 Å². The van der Waals surface area contributed by atoms with Crippen LogP contribution in [0, 0.1) is 11.8 Å². The molecule has 1 fully saturated rings. The Hall–Kier alpha value is -0.570. The van der Waals surface area contributed by atoms with Crippen LogP contribution in [0.25, 0.3) is 0 Å². The van der Waals surface area contributed by atoms with Crippen LogP contribution in [-0.4, -0.2) is 36.5 Å². The van der Waals surface area contributed by atoms with E-state index >= 15 is 0 Å². The van der Waals surface area contributed by atoms with Crippen molar-refractivity contribution in [3.63, 3.8) is 0 Å². The zero-order chi connectivity index (χ0) is 12.8. The Morgan fingerprint density at radius 3 is 2.65 bits per heavy atom. The number of hydrogen-bond acceptors (Lipinski definition) is 2. The molecule has 1 saturated heterocycles. The highest BCUT2D eigenvalue weighted by molar-refractivity contribution is 5.73. The Bertz CT molecular complexity index is 240. The van der Waals surface area contributed by atoms with Crippen molar-refractivity contribution in [2.24, 2.45) is 11.8 Å². The van der Waals surface area contributed by atoms with Crippen LogP contribution in [0.15, 0.2) is 0 Å². The quantitative estimate of drug-likeness (QED) is 0.799. The lowest BCUT2D eigenvalue weighted by atomic mass is 9.90. The molecule has 3 heteroatoms. The van der Waals surface area contributed by atoms with E-state index in [0.29, 0.717) is 12.0 Å². The topological polar surface area (TPSA) is 32.3 Å². The fourth-order valence-electron chi connectivity index (χ4n) is 2.98. The number of carbonyl (C=O) groups excluding carboxylic acids is 1. The molecule has 0 bridgehead atoms. The maximum atomic E-state index is 11.2. The fourth-order valence-corrected chi connectivity index (χ4v) is 2.98. The molecular weight excluding hydrogens is 212 g/mol. The number of rotatable bonds is 5. The Balaban J connectivity index is 2.52. The summed E-state index contributed by atoms with van der Waals surface area (Å²) in [5, 5.41) is 3.09. The van der Waals surface area contributed by atoms with Crippen molar-refractivity contribution >= 4 is 5.91 Å². The zero-order valence-corrected chi connectivity index (χ0v) is 11.8. The second kappa shape index (κ2) is 7.00. The van der Waals surface area contributed by atoms with Crippen LogP contribution in [0.3, 0.4) is 0 Å². The number of nitrogens with one attached hydrogen (secondary N) is 1. The van der Waals surface area contributed by atoms with E-state index < -0.39 is 0 Å². The Kier molecular flexibility index (Phi) is 5.96. The first-order valence-corrected chi connectivity index (χ1v) is 7.00.